The Labute approximate surface area is 250 Å². The highest BCUT2D eigenvalue weighted by Gasteiger charge is 2.23. The second kappa shape index (κ2) is 14.5. The molecule has 6 N–H and O–H groups in total. The number of carbonyl (C=O) groups excluding carboxylic acids is 1. The van der Waals surface area contributed by atoms with E-state index >= 15 is 0 Å². The van der Waals surface area contributed by atoms with E-state index in [1.165, 1.54) is 18.2 Å². The lowest BCUT2D eigenvalue weighted by Gasteiger charge is -2.33. The minimum Gasteiger partial charge on any atom is -0.506 e. The summed E-state index contributed by atoms with van der Waals surface area (Å²) in [5.41, 5.74) is 2.67. The summed E-state index contributed by atoms with van der Waals surface area (Å²) < 4.78 is 52.3. The summed E-state index contributed by atoms with van der Waals surface area (Å²) in [6, 6.07) is 15.4. The smallest absolute Gasteiger partial charge is 0.317 e. The molecule has 3 aromatic carbocycles. The largest absolute Gasteiger partial charge is 0.506 e. The number of aliphatic hydroxyl groups is 1. The quantitative estimate of drug-likeness (QED) is 0.134. The zero-order valence-electron chi connectivity index (χ0n) is 23.8. The van der Waals surface area contributed by atoms with E-state index in [9.17, 15) is 32.2 Å². The Bertz CT molecular complexity index is 1500. The second-order valence-corrected chi connectivity index (χ2v) is 12.4. The Morgan fingerprint density at radius 1 is 1.05 bits per heavy atom. The van der Waals surface area contributed by atoms with Crippen LogP contribution < -0.4 is 20.7 Å². The number of sulfonamides is 1. The summed E-state index contributed by atoms with van der Waals surface area (Å²) in [7, 11) is -3.57. The van der Waals surface area contributed by atoms with Crippen molar-refractivity contribution in [2.45, 2.75) is 38.0 Å². The first-order valence-electron chi connectivity index (χ1n) is 14.0. The van der Waals surface area contributed by atoms with Crippen LogP contribution in [0, 0.1) is 11.6 Å². The first-order chi connectivity index (χ1) is 20.5. The molecule has 1 fully saturated rings. The highest BCUT2D eigenvalue weighted by atomic mass is 32.2. The fourth-order valence-electron chi connectivity index (χ4n) is 4.82. The van der Waals surface area contributed by atoms with Crippen LogP contribution in [0.3, 0.4) is 0 Å². The number of amides is 2. The van der Waals surface area contributed by atoms with Crippen LogP contribution in [0.5, 0.6) is 5.75 Å². The third-order valence-electron chi connectivity index (χ3n) is 7.17. The molecule has 4 rings (SSSR count). The Kier molecular flexibility index (Phi) is 10.8. The SMILES string of the molecule is CS(=O)(=O)Nc1cc([C@@H](O)CNCCc2ccc(NC3CCN(C(=O)NCc4cc(F)ccc4F)CC3)cc2)ccc1O. The first-order valence-corrected chi connectivity index (χ1v) is 15.9. The number of nitrogens with one attached hydrogen (secondary N) is 4. The average Bonchev–Trinajstić information content (AvgIpc) is 2.97. The molecular weight excluding hydrogens is 580 g/mol. The number of anilines is 2. The number of aliphatic hydroxyl groups excluding tert-OH is 1. The number of phenols is 1. The molecule has 0 aromatic heterocycles. The number of urea groups is 1. The van der Waals surface area contributed by atoms with Crippen LogP contribution in [-0.2, 0) is 23.0 Å². The van der Waals surface area contributed by atoms with Crippen molar-refractivity contribution in [3.05, 3.63) is 89.0 Å². The molecule has 43 heavy (non-hydrogen) atoms. The number of piperidine rings is 1. The third kappa shape index (κ3) is 9.80. The van der Waals surface area contributed by atoms with Crippen molar-refractivity contribution in [3.63, 3.8) is 0 Å². The number of aromatic hydroxyl groups is 1. The van der Waals surface area contributed by atoms with Gasteiger partial charge in [-0.25, -0.2) is 22.0 Å². The molecule has 10 nitrogen and oxygen atoms in total. The number of hydrogen-bond acceptors (Lipinski definition) is 7. The van der Waals surface area contributed by atoms with Crippen LogP contribution >= 0.6 is 0 Å². The number of rotatable bonds is 12. The van der Waals surface area contributed by atoms with Gasteiger partial charge in [0, 0.05) is 43.5 Å². The predicted octanol–water partition coefficient (Wildman–Crippen LogP) is 3.69. The molecular formula is C30H37F2N5O5S. The Morgan fingerprint density at radius 2 is 1.77 bits per heavy atom. The van der Waals surface area contributed by atoms with Gasteiger partial charge in [-0.2, -0.15) is 0 Å². The van der Waals surface area contributed by atoms with E-state index in [4.69, 9.17) is 0 Å². The fraction of sp³-hybridized carbons (Fsp3) is 0.367. The van der Waals surface area contributed by atoms with Crippen LogP contribution in [0.2, 0.25) is 0 Å². The number of likely N-dealkylation sites (tertiary alicyclic amines) is 1. The van der Waals surface area contributed by atoms with Crippen LogP contribution in [0.15, 0.2) is 60.7 Å². The molecule has 0 radical (unpaired) electrons. The van der Waals surface area contributed by atoms with Gasteiger partial charge in [0.25, 0.3) is 0 Å². The van der Waals surface area contributed by atoms with Crippen molar-refractivity contribution in [2.24, 2.45) is 0 Å². The summed E-state index contributed by atoms with van der Waals surface area (Å²) in [5.74, 6) is -1.33. The van der Waals surface area contributed by atoms with E-state index in [0.29, 0.717) is 25.2 Å². The molecule has 0 saturated carbocycles. The molecule has 2 amide bonds. The number of phenolic OH excluding ortho intramolecular Hbond substituents is 1. The number of benzene rings is 3. The number of carbonyl (C=O) groups is 1. The number of halogens is 2. The molecule has 1 saturated heterocycles. The van der Waals surface area contributed by atoms with Crippen LogP contribution in [0.1, 0.15) is 35.6 Å². The summed E-state index contributed by atoms with van der Waals surface area (Å²) >= 11 is 0. The van der Waals surface area contributed by atoms with Crippen molar-refractivity contribution < 1.29 is 32.2 Å². The maximum atomic E-state index is 13.8. The van der Waals surface area contributed by atoms with Crippen molar-refractivity contribution in [1.29, 1.82) is 0 Å². The molecule has 1 heterocycles. The third-order valence-corrected chi connectivity index (χ3v) is 7.76. The zero-order valence-corrected chi connectivity index (χ0v) is 24.6. The van der Waals surface area contributed by atoms with Crippen LogP contribution in [0.4, 0.5) is 25.0 Å². The van der Waals surface area contributed by atoms with Crippen molar-refractivity contribution in [1.82, 2.24) is 15.5 Å². The van der Waals surface area contributed by atoms with Crippen LogP contribution in [-0.4, -0.2) is 68.0 Å². The van der Waals surface area contributed by atoms with E-state index in [1.807, 2.05) is 24.3 Å². The minimum atomic E-state index is -3.57. The van der Waals surface area contributed by atoms with Gasteiger partial charge in [0.2, 0.25) is 10.0 Å². The van der Waals surface area contributed by atoms with Crippen molar-refractivity contribution in [3.8, 4) is 5.75 Å². The van der Waals surface area contributed by atoms with E-state index in [0.717, 1.165) is 55.0 Å². The average molecular weight is 618 g/mol. The first kappa shape index (κ1) is 32.0. The van der Waals surface area contributed by atoms with Gasteiger partial charge in [0.1, 0.15) is 17.4 Å². The van der Waals surface area contributed by atoms with Gasteiger partial charge in [-0.15, -0.1) is 0 Å². The molecule has 0 spiro atoms. The molecule has 0 aliphatic carbocycles. The van der Waals surface area contributed by atoms with Gasteiger partial charge in [-0.05, 0) is 79.4 Å². The molecule has 0 unspecified atom stereocenters. The monoisotopic (exact) mass is 617 g/mol. The lowest BCUT2D eigenvalue weighted by molar-refractivity contribution is 0.175. The summed E-state index contributed by atoms with van der Waals surface area (Å²) in [4.78, 5) is 14.2. The standard InChI is InChI=1S/C30H37F2N5O5S/c1-43(41,42)36-27-17-21(4-9-28(27)38)29(39)19-33-13-10-20-2-6-24(7-3-20)35-25-11-14-37(15-12-25)30(40)34-18-22-16-23(31)5-8-26(22)32/h2-9,16-17,25,29,33,35-36,38-39H,10-15,18-19H2,1H3,(H,34,40)/t29-/m0/s1. The van der Waals surface area contributed by atoms with Gasteiger partial charge in [0.05, 0.1) is 18.0 Å². The maximum Gasteiger partial charge on any atom is 0.317 e. The lowest BCUT2D eigenvalue weighted by Crippen LogP contribution is -2.46. The molecule has 3 aromatic rings. The normalized spacial score (nSPS) is 14.7. The van der Waals surface area contributed by atoms with E-state index in [2.05, 4.69) is 20.7 Å². The zero-order chi connectivity index (χ0) is 31.0. The predicted molar refractivity (Wildman–Crippen MR) is 161 cm³/mol. The highest BCUT2D eigenvalue weighted by Crippen LogP contribution is 2.27. The maximum absolute atomic E-state index is 13.8. The Hall–Kier alpha value is -3.94. The summed E-state index contributed by atoms with van der Waals surface area (Å²) in [6.07, 6.45) is 2.33. The number of hydrogen-bond donors (Lipinski definition) is 6. The Balaban J connectivity index is 1.15. The van der Waals surface area contributed by atoms with E-state index in [1.54, 1.807) is 4.90 Å². The summed E-state index contributed by atoms with van der Waals surface area (Å²) in [5, 5.41) is 29.7. The lowest BCUT2D eigenvalue weighted by atomic mass is 10.0. The minimum absolute atomic E-state index is 0.0132. The fourth-order valence-corrected chi connectivity index (χ4v) is 5.39. The van der Waals surface area contributed by atoms with Gasteiger partial charge >= 0.3 is 6.03 Å². The summed E-state index contributed by atoms with van der Waals surface area (Å²) in [6.45, 7) is 1.88. The van der Waals surface area contributed by atoms with Gasteiger partial charge in [-0.1, -0.05) is 18.2 Å². The molecule has 1 aliphatic rings. The van der Waals surface area contributed by atoms with Crippen molar-refractivity contribution in [2.75, 3.05) is 42.5 Å². The van der Waals surface area contributed by atoms with E-state index < -0.39 is 27.8 Å². The van der Waals surface area contributed by atoms with Gasteiger partial charge < -0.3 is 31.1 Å². The molecule has 13 heteroatoms. The van der Waals surface area contributed by atoms with Gasteiger partial charge in [0.15, 0.2) is 0 Å². The molecule has 1 atom stereocenters. The molecule has 0 bridgehead atoms. The van der Waals surface area contributed by atoms with Gasteiger partial charge in [-0.3, -0.25) is 4.72 Å². The molecule has 232 valence electrons. The highest BCUT2D eigenvalue weighted by molar-refractivity contribution is 7.92. The molecule has 1 aliphatic heterocycles. The Morgan fingerprint density at radius 3 is 2.47 bits per heavy atom. The van der Waals surface area contributed by atoms with Crippen LogP contribution in [0.25, 0.3) is 0 Å². The number of nitrogens with zero attached hydrogens (tertiary/aromatic N) is 1. The van der Waals surface area contributed by atoms with Crippen molar-refractivity contribution >= 4 is 27.4 Å². The topological polar surface area (TPSA) is 143 Å². The van der Waals surface area contributed by atoms with E-state index in [-0.39, 0.29) is 42.2 Å². The second-order valence-electron chi connectivity index (χ2n) is 10.6.